The number of nitrogens with zero attached hydrogens (tertiary/aromatic N) is 1. The first-order valence-corrected chi connectivity index (χ1v) is 7.52. The van der Waals surface area contributed by atoms with Crippen LogP contribution in [0.5, 0.6) is 0 Å². The van der Waals surface area contributed by atoms with Crippen LogP contribution in [-0.4, -0.2) is 17.5 Å². The van der Waals surface area contributed by atoms with Gasteiger partial charge in [-0.05, 0) is 17.5 Å². The molecule has 0 saturated carbocycles. The molecule has 112 valence electrons. The minimum atomic E-state index is -0.291. The van der Waals surface area contributed by atoms with Crippen molar-refractivity contribution in [2.24, 2.45) is 0 Å². The molecule has 1 atom stereocenters. The molecule has 0 bridgehead atoms. The highest BCUT2D eigenvalue weighted by Gasteiger charge is 2.22. The molecule has 0 radical (unpaired) electrons. The van der Waals surface area contributed by atoms with Crippen LogP contribution < -0.4 is 0 Å². The zero-order valence-electron chi connectivity index (χ0n) is 12.4. The van der Waals surface area contributed by atoms with Crippen molar-refractivity contribution < 1.29 is 9.53 Å². The van der Waals surface area contributed by atoms with Crippen LogP contribution in [0.3, 0.4) is 0 Å². The fourth-order valence-electron chi connectivity index (χ4n) is 2.63. The van der Waals surface area contributed by atoms with Crippen molar-refractivity contribution in [2.75, 3.05) is 6.54 Å². The number of allylic oxidation sites excluding steroid dienone is 1. The van der Waals surface area contributed by atoms with Gasteiger partial charge in [-0.25, -0.2) is 4.79 Å². The van der Waals surface area contributed by atoms with Crippen molar-refractivity contribution >= 4 is 6.09 Å². The Morgan fingerprint density at radius 1 is 1.05 bits per heavy atom. The molecule has 0 saturated heterocycles. The van der Waals surface area contributed by atoms with Crippen molar-refractivity contribution in [1.82, 2.24) is 4.90 Å². The zero-order chi connectivity index (χ0) is 15.2. The lowest BCUT2D eigenvalue weighted by Crippen LogP contribution is -2.32. The van der Waals surface area contributed by atoms with E-state index in [1.807, 2.05) is 60.8 Å². The van der Waals surface area contributed by atoms with Crippen LogP contribution in [0.1, 0.15) is 23.5 Å². The maximum Gasteiger partial charge on any atom is 0.414 e. The molecule has 0 aromatic heterocycles. The van der Waals surface area contributed by atoms with Gasteiger partial charge in [0.2, 0.25) is 0 Å². The van der Waals surface area contributed by atoms with Gasteiger partial charge in [0.05, 0.1) is 0 Å². The summed E-state index contributed by atoms with van der Waals surface area (Å²) < 4.78 is 5.39. The SMILES string of the molecule is O=C(OCc1ccccc1)N1C=CC[C@@H](c2ccccc2)C1. The van der Waals surface area contributed by atoms with E-state index in [0.29, 0.717) is 19.1 Å². The molecule has 1 heterocycles. The zero-order valence-corrected chi connectivity index (χ0v) is 12.4. The molecule has 22 heavy (non-hydrogen) atoms. The molecule has 2 aromatic carbocycles. The number of amides is 1. The van der Waals surface area contributed by atoms with Crippen molar-refractivity contribution in [2.45, 2.75) is 18.9 Å². The van der Waals surface area contributed by atoms with Crippen molar-refractivity contribution in [1.29, 1.82) is 0 Å². The monoisotopic (exact) mass is 293 g/mol. The maximum absolute atomic E-state index is 12.2. The second-order valence-corrected chi connectivity index (χ2v) is 5.42. The minimum absolute atomic E-state index is 0.291. The van der Waals surface area contributed by atoms with Gasteiger partial charge in [-0.2, -0.15) is 0 Å². The first kappa shape index (κ1) is 14.4. The first-order valence-electron chi connectivity index (χ1n) is 7.52. The van der Waals surface area contributed by atoms with Gasteiger partial charge in [-0.1, -0.05) is 66.7 Å². The summed E-state index contributed by atoms with van der Waals surface area (Å²) in [6.07, 6.45) is 4.52. The third-order valence-corrected chi connectivity index (χ3v) is 3.83. The average Bonchev–Trinajstić information content (AvgIpc) is 2.61. The highest BCUT2D eigenvalue weighted by molar-refractivity contribution is 5.69. The van der Waals surface area contributed by atoms with E-state index < -0.39 is 0 Å². The van der Waals surface area contributed by atoms with E-state index in [0.717, 1.165) is 12.0 Å². The Hall–Kier alpha value is -2.55. The highest BCUT2D eigenvalue weighted by Crippen LogP contribution is 2.25. The summed E-state index contributed by atoms with van der Waals surface area (Å²) in [7, 11) is 0. The number of hydrogen-bond donors (Lipinski definition) is 0. The number of carbonyl (C=O) groups excluding carboxylic acids is 1. The van der Waals surface area contributed by atoms with Gasteiger partial charge in [0.1, 0.15) is 6.61 Å². The van der Waals surface area contributed by atoms with Gasteiger partial charge in [-0.3, -0.25) is 4.90 Å². The summed E-state index contributed by atoms with van der Waals surface area (Å²) >= 11 is 0. The fourth-order valence-corrected chi connectivity index (χ4v) is 2.63. The number of rotatable bonds is 3. The first-order chi connectivity index (χ1) is 10.8. The van der Waals surface area contributed by atoms with Gasteiger partial charge in [0.15, 0.2) is 0 Å². The van der Waals surface area contributed by atoms with Gasteiger partial charge in [0, 0.05) is 18.7 Å². The molecule has 0 aliphatic carbocycles. The Morgan fingerprint density at radius 2 is 1.73 bits per heavy atom. The second-order valence-electron chi connectivity index (χ2n) is 5.42. The Morgan fingerprint density at radius 3 is 2.45 bits per heavy atom. The van der Waals surface area contributed by atoms with Gasteiger partial charge >= 0.3 is 6.09 Å². The largest absolute Gasteiger partial charge is 0.444 e. The van der Waals surface area contributed by atoms with Crippen molar-refractivity contribution in [3.8, 4) is 0 Å². The topological polar surface area (TPSA) is 29.5 Å². The lowest BCUT2D eigenvalue weighted by atomic mass is 9.93. The van der Waals surface area contributed by atoms with E-state index in [1.165, 1.54) is 5.56 Å². The van der Waals surface area contributed by atoms with Crippen LogP contribution in [0.25, 0.3) is 0 Å². The lowest BCUT2D eigenvalue weighted by Gasteiger charge is -2.27. The summed E-state index contributed by atoms with van der Waals surface area (Å²) in [5, 5.41) is 0. The van der Waals surface area contributed by atoms with E-state index >= 15 is 0 Å². The molecule has 0 N–H and O–H groups in total. The van der Waals surface area contributed by atoms with Crippen LogP contribution in [-0.2, 0) is 11.3 Å². The maximum atomic E-state index is 12.2. The molecule has 2 aromatic rings. The van der Waals surface area contributed by atoms with Crippen LogP contribution in [0.15, 0.2) is 72.9 Å². The Labute approximate surface area is 130 Å². The van der Waals surface area contributed by atoms with Crippen LogP contribution in [0, 0.1) is 0 Å². The predicted molar refractivity (Wildman–Crippen MR) is 86.3 cm³/mol. The summed E-state index contributed by atoms with van der Waals surface area (Å²) in [6.45, 7) is 0.966. The molecule has 0 fully saturated rings. The second kappa shape index (κ2) is 6.94. The molecule has 3 rings (SSSR count). The number of benzene rings is 2. The summed E-state index contributed by atoms with van der Waals surface area (Å²) in [4.78, 5) is 13.9. The van der Waals surface area contributed by atoms with Crippen LogP contribution >= 0.6 is 0 Å². The lowest BCUT2D eigenvalue weighted by molar-refractivity contribution is 0.107. The van der Waals surface area contributed by atoms with E-state index in [9.17, 15) is 4.79 Å². The minimum Gasteiger partial charge on any atom is -0.444 e. The van der Waals surface area contributed by atoms with Crippen LogP contribution in [0.2, 0.25) is 0 Å². The van der Waals surface area contributed by atoms with Gasteiger partial charge in [0.25, 0.3) is 0 Å². The molecule has 3 heteroatoms. The molecule has 1 aliphatic rings. The van der Waals surface area contributed by atoms with Crippen LogP contribution in [0.4, 0.5) is 4.79 Å². The molecule has 1 aliphatic heterocycles. The predicted octanol–water partition coefficient (Wildman–Crippen LogP) is 4.33. The Balaban J connectivity index is 1.59. The van der Waals surface area contributed by atoms with Crippen molar-refractivity contribution in [3.63, 3.8) is 0 Å². The third kappa shape index (κ3) is 3.55. The molecule has 0 spiro atoms. The average molecular weight is 293 g/mol. The van der Waals surface area contributed by atoms with Gasteiger partial charge in [-0.15, -0.1) is 0 Å². The molecule has 1 amide bonds. The van der Waals surface area contributed by atoms with Gasteiger partial charge < -0.3 is 4.74 Å². The molecule has 0 unspecified atom stereocenters. The number of carbonyl (C=O) groups is 1. The van der Waals surface area contributed by atoms with E-state index in [1.54, 1.807) is 4.90 Å². The smallest absolute Gasteiger partial charge is 0.414 e. The standard InChI is InChI=1S/C19H19NO2/c21-19(22-15-16-8-3-1-4-9-16)20-13-7-12-18(14-20)17-10-5-2-6-11-17/h1-11,13,18H,12,14-15H2/t18-/m1/s1. The summed E-state index contributed by atoms with van der Waals surface area (Å²) in [6, 6.07) is 20.0. The molecule has 3 nitrogen and oxygen atoms in total. The Kier molecular flexibility index (Phi) is 4.54. The van der Waals surface area contributed by atoms with E-state index in [4.69, 9.17) is 4.74 Å². The summed E-state index contributed by atoms with van der Waals surface area (Å²) in [5.74, 6) is 0.329. The number of ether oxygens (including phenoxy) is 1. The molecular weight excluding hydrogens is 274 g/mol. The number of hydrogen-bond acceptors (Lipinski definition) is 2. The highest BCUT2D eigenvalue weighted by atomic mass is 16.6. The van der Waals surface area contributed by atoms with Crippen molar-refractivity contribution in [3.05, 3.63) is 84.1 Å². The fraction of sp³-hybridized carbons (Fsp3) is 0.211. The van der Waals surface area contributed by atoms with E-state index in [2.05, 4.69) is 12.1 Å². The third-order valence-electron chi connectivity index (χ3n) is 3.83. The summed E-state index contributed by atoms with van der Waals surface area (Å²) in [5.41, 5.74) is 2.25. The quantitative estimate of drug-likeness (QED) is 0.843. The van der Waals surface area contributed by atoms with E-state index in [-0.39, 0.29) is 6.09 Å². The normalized spacial score (nSPS) is 17.3. The molecular formula is C19H19NO2. The Bertz CT molecular complexity index is 637.